The second-order valence-electron chi connectivity index (χ2n) is 6.04. The molecule has 0 aromatic carbocycles. The average Bonchev–Trinajstić information content (AvgIpc) is 2.40. The number of hydrogen-bond donors (Lipinski definition) is 1. The molecule has 2 nitrogen and oxygen atoms in total. The Kier molecular flexibility index (Phi) is 4.45. The van der Waals surface area contributed by atoms with Crippen LogP contribution in [0.5, 0.6) is 0 Å². The topological polar surface area (TPSA) is 35.8 Å². The highest BCUT2D eigenvalue weighted by molar-refractivity contribution is 5.10. The Labute approximate surface area is 106 Å². The van der Waals surface area contributed by atoms with Crippen LogP contribution in [0.15, 0.2) is 0 Å². The van der Waals surface area contributed by atoms with Gasteiger partial charge in [-0.1, -0.05) is 45.4 Å². The fraction of sp³-hybridized carbons (Fsp3) is 0.933. The van der Waals surface area contributed by atoms with Gasteiger partial charge in [0.25, 0.3) is 0 Å². The van der Waals surface area contributed by atoms with Crippen molar-refractivity contribution in [3.05, 3.63) is 0 Å². The molecule has 2 aliphatic rings. The zero-order valence-electron chi connectivity index (χ0n) is 11.2. The molecular formula is C15H26N2. The number of nitriles is 1. The van der Waals surface area contributed by atoms with E-state index in [1.54, 1.807) is 0 Å². The highest BCUT2D eigenvalue weighted by atomic mass is 15.0. The van der Waals surface area contributed by atoms with E-state index in [0.717, 1.165) is 18.8 Å². The normalized spacial score (nSPS) is 35.4. The molecule has 2 atom stereocenters. The van der Waals surface area contributed by atoms with E-state index in [4.69, 9.17) is 0 Å². The van der Waals surface area contributed by atoms with Crippen LogP contribution >= 0.6 is 0 Å². The summed E-state index contributed by atoms with van der Waals surface area (Å²) in [6.45, 7) is 2.26. The van der Waals surface area contributed by atoms with E-state index in [1.807, 2.05) is 0 Å². The summed E-state index contributed by atoms with van der Waals surface area (Å²) in [6.07, 6.45) is 12.6. The lowest BCUT2D eigenvalue weighted by Gasteiger charge is -2.40. The highest BCUT2D eigenvalue weighted by Crippen LogP contribution is 2.35. The van der Waals surface area contributed by atoms with Crippen molar-refractivity contribution in [1.82, 2.24) is 5.32 Å². The van der Waals surface area contributed by atoms with Gasteiger partial charge < -0.3 is 0 Å². The zero-order valence-corrected chi connectivity index (χ0v) is 11.2. The van der Waals surface area contributed by atoms with E-state index in [0.29, 0.717) is 6.04 Å². The zero-order chi connectivity index (χ0) is 12.1. The minimum atomic E-state index is -0.194. The van der Waals surface area contributed by atoms with Gasteiger partial charge in [-0.05, 0) is 31.6 Å². The van der Waals surface area contributed by atoms with Gasteiger partial charge >= 0.3 is 0 Å². The van der Waals surface area contributed by atoms with Crippen LogP contribution in [0.2, 0.25) is 0 Å². The van der Waals surface area contributed by atoms with Crippen molar-refractivity contribution in [1.29, 1.82) is 5.26 Å². The molecule has 2 heteroatoms. The summed E-state index contributed by atoms with van der Waals surface area (Å²) in [4.78, 5) is 0. The molecule has 0 aromatic rings. The molecule has 2 rings (SSSR count). The van der Waals surface area contributed by atoms with E-state index < -0.39 is 0 Å². The second-order valence-corrected chi connectivity index (χ2v) is 6.04. The van der Waals surface area contributed by atoms with Gasteiger partial charge in [0.15, 0.2) is 0 Å². The van der Waals surface area contributed by atoms with E-state index in [-0.39, 0.29) is 5.54 Å². The molecule has 0 saturated heterocycles. The van der Waals surface area contributed by atoms with Crippen LogP contribution in [0, 0.1) is 17.2 Å². The summed E-state index contributed by atoms with van der Waals surface area (Å²) >= 11 is 0. The molecule has 2 fully saturated rings. The number of nitrogens with zero attached hydrogens (tertiary/aromatic N) is 1. The quantitative estimate of drug-likeness (QED) is 0.807. The molecule has 2 saturated carbocycles. The maximum absolute atomic E-state index is 9.57. The smallest absolute Gasteiger partial charge is 0.107 e. The third-order valence-corrected chi connectivity index (χ3v) is 4.73. The van der Waals surface area contributed by atoms with E-state index in [2.05, 4.69) is 18.3 Å². The number of nitrogens with one attached hydrogen (secondary N) is 1. The Morgan fingerprint density at radius 3 is 2.59 bits per heavy atom. The molecule has 2 aliphatic carbocycles. The third kappa shape index (κ3) is 3.22. The van der Waals surface area contributed by atoms with Crippen molar-refractivity contribution in [2.75, 3.05) is 0 Å². The summed E-state index contributed by atoms with van der Waals surface area (Å²) in [6, 6.07) is 3.23. The minimum Gasteiger partial charge on any atom is -0.297 e. The molecule has 96 valence electrons. The highest BCUT2D eigenvalue weighted by Gasteiger charge is 2.37. The second kappa shape index (κ2) is 5.87. The molecule has 0 bridgehead atoms. The first-order valence-electron chi connectivity index (χ1n) is 7.47. The fourth-order valence-corrected chi connectivity index (χ4v) is 3.64. The van der Waals surface area contributed by atoms with Gasteiger partial charge in [0.2, 0.25) is 0 Å². The first kappa shape index (κ1) is 12.9. The third-order valence-electron chi connectivity index (χ3n) is 4.73. The van der Waals surface area contributed by atoms with Gasteiger partial charge in [-0.2, -0.15) is 5.26 Å². The molecule has 0 aromatic heterocycles. The van der Waals surface area contributed by atoms with Gasteiger partial charge in [-0.3, -0.25) is 5.32 Å². The van der Waals surface area contributed by atoms with Crippen molar-refractivity contribution in [2.24, 2.45) is 5.92 Å². The average molecular weight is 234 g/mol. The maximum atomic E-state index is 9.57. The standard InChI is InChI=1S/C15H26N2/c1-2-13-7-6-10-15(11-13,12-16)17-14-8-4-3-5-9-14/h13-14,17H,2-11H2,1H3. The Hall–Kier alpha value is -0.550. The van der Waals surface area contributed by atoms with Crippen LogP contribution in [0.1, 0.15) is 71.1 Å². The molecule has 1 N–H and O–H groups in total. The number of rotatable bonds is 3. The minimum absolute atomic E-state index is 0.194. The molecular weight excluding hydrogens is 208 g/mol. The molecule has 17 heavy (non-hydrogen) atoms. The van der Waals surface area contributed by atoms with Crippen LogP contribution in [0.4, 0.5) is 0 Å². The van der Waals surface area contributed by atoms with Crippen LogP contribution in [0.3, 0.4) is 0 Å². The van der Waals surface area contributed by atoms with Crippen LogP contribution in [0.25, 0.3) is 0 Å². The molecule has 0 heterocycles. The molecule has 0 aliphatic heterocycles. The van der Waals surface area contributed by atoms with Gasteiger partial charge in [0, 0.05) is 6.04 Å². The Morgan fingerprint density at radius 1 is 1.18 bits per heavy atom. The summed E-state index contributed by atoms with van der Waals surface area (Å²) in [7, 11) is 0. The first-order chi connectivity index (χ1) is 8.28. The van der Waals surface area contributed by atoms with E-state index in [9.17, 15) is 5.26 Å². The van der Waals surface area contributed by atoms with E-state index in [1.165, 1.54) is 51.4 Å². The molecule has 0 amide bonds. The predicted molar refractivity (Wildman–Crippen MR) is 70.6 cm³/mol. The monoisotopic (exact) mass is 234 g/mol. The van der Waals surface area contributed by atoms with Gasteiger partial charge in [0.1, 0.15) is 5.54 Å². The first-order valence-corrected chi connectivity index (χ1v) is 7.47. The van der Waals surface area contributed by atoms with Crippen LogP contribution in [-0.2, 0) is 0 Å². The van der Waals surface area contributed by atoms with Gasteiger partial charge in [0.05, 0.1) is 6.07 Å². The lowest BCUT2D eigenvalue weighted by Crippen LogP contribution is -2.52. The van der Waals surface area contributed by atoms with Crippen molar-refractivity contribution in [3.8, 4) is 6.07 Å². The maximum Gasteiger partial charge on any atom is 0.107 e. The van der Waals surface area contributed by atoms with Gasteiger partial charge in [-0.25, -0.2) is 0 Å². The SMILES string of the molecule is CCC1CCCC(C#N)(NC2CCCCC2)C1. The lowest BCUT2D eigenvalue weighted by atomic mass is 9.74. The summed E-state index contributed by atoms with van der Waals surface area (Å²) in [5.74, 6) is 0.763. The fourth-order valence-electron chi connectivity index (χ4n) is 3.64. The summed E-state index contributed by atoms with van der Waals surface area (Å²) in [5.41, 5.74) is -0.194. The van der Waals surface area contributed by atoms with Crippen molar-refractivity contribution in [3.63, 3.8) is 0 Å². The Morgan fingerprint density at radius 2 is 1.94 bits per heavy atom. The number of hydrogen-bond acceptors (Lipinski definition) is 2. The van der Waals surface area contributed by atoms with Crippen molar-refractivity contribution in [2.45, 2.75) is 82.7 Å². The Bertz CT molecular complexity index is 275. The van der Waals surface area contributed by atoms with Crippen molar-refractivity contribution >= 4 is 0 Å². The summed E-state index contributed by atoms with van der Waals surface area (Å²) < 4.78 is 0. The van der Waals surface area contributed by atoms with E-state index >= 15 is 0 Å². The predicted octanol–water partition coefficient (Wildman–Crippen LogP) is 3.77. The lowest BCUT2D eigenvalue weighted by molar-refractivity contribution is 0.192. The molecule has 0 spiro atoms. The molecule has 2 unspecified atom stereocenters. The van der Waals surface area contributed by atoms with Gasteiger partial charge in [-0.15, -0.1) is 0 Å². The molecule has 0 radical (unpaired) electrons. The van der Waals surface area contributed by atoms with Crippen molar-refractivity contribution < 1.29 is 0 Å². The largest absolute Gasteiger partial charge is 0.297 e. The van der Waals surface area contributed by atoms with Crippen LogP contribution in [-0.4, -0.2) is 11.6 Å². The van der Waals surface area contributed by atoms with Crippen LogP contribution < -0.4 is 5.32 Å². The summed E-state index contributed by atoms with van der Waals surface area (Å²) in [5, 5.41) is 13.3. The Balaban J connectivity index is 1.95.